The van der Waals surface area contributed by atoms with Crippen LogP contribution in [0.15, 0.2) is 16.6 Å². The predicted octanol–water partition coefficient (Wildman–Crippen LogP) is 1.44. The van der Waals surface area contributed by atoms with Crippen molar-refractivity contribution in [2.24, 2.45) is 5.73 Å². The first-order valence-electron chi connectivity index (χ1n) is 3.48. The van der Waals surface area contributed by atoms with E-state index >= 15 is 0 Å². The highest BCUT2D eigenvalue weighted by Crippen LogP contribution is 2.28. The quantitative estimate of drug-likeness (QED) is 0.778. The van der Waals surface area contributed by atoms with Crippen molar-refractivity contribution in [2.75, 3.05) is 6.54 Å². The van der Waals surface area contributed by atoms with Crippen molar-refractivity contribution in [2.45, 2.75) is 0 Å². The molecule has 0 atom stereocenters. The van der Waals surface area contributed by atoms with Crippen LogP contribution >= 0.6 is 15.9 Å². The van der Waals surface area contributed by atoms with Gasteiger partial charge < -0.3 is 10.8 Å². The Balaban J connectivity index is 3.33. The molecule has 0 radical (unpaired) electrons. The Morgan fingerprint density at radius 3 is 2.77 bits per heavy atom. The van der Waals surface area contributed by atoms with Crippen molar-refractivity contribution in [3.05, 3.63) is 28.0 Å². The molecule has 70 valence electrons. The summed E-state index contributed by atoms with van der Waals surface area (Å²) in [5.74, 6) is -2.01. The number of aromatic hydroxyl groups is 1. The highest BCUT2D eigenvalue weighted by Gasteiger charge is 2.16. The van der Waals surface area contributed by atoms with Crippen LogP contribution in [0.25, 0.3) is 0 Å². The number of hydrogen-bond acceptors (Lipinski definition) is 3. The summed E-state index contributed by atoms with van der Waals surface area (Å²) in [6, 6.07) is 2.41. The second-order valence-electron chi connectivity index (χ2n) is 2.38. The SMILES string of the molecule is NCC(=O)c1c(Br)ccc(F)c1O. The molecule has 0 fully saturated rings. The van der Waals surface area contributed by atoms with Gasteiger partial charge in [0.2, 0.25) is 0 Å². The van der Waals surface area contributed by atoms with Gasteiger partial charge in [0.25, 0.3) is 0 Å². The number of nitrogens with two attached hydrogens (primary N) is 1. The minimum Gasteiger partial charge on any atom is -0.504 e. The van der Waals surface area contributed by atoms with Crippen molar-refractivity contribution < 1.29 is 14.3 Å². The molecular formula is C8H7BrFNO2. The monoisotopic (exact) mass is 247 g/mol. The summed E-state index contributed by atoms with van der Waals surface area (Å²) in [5.41, 5.74) is 4.98. The predicted molar refractivity (Wildman–Crippen MR) is 49.1 cm³/mol. The van der Waals surface area contributed by atoms with Crippen molar-refractivity contribution in [3.63, 3.8) is 0 Å². The molecule has 0 unspecified atom stereocenters. The Hall–Kier alpha value is -0.940. The van der Waals surface area contributed by atoms with Crippen LogP contribution in [0.3, 0.4) is 0 Å². The van der Waals surface area contributed by atoms with Crippen LogP contribution in [0.2, 0.25) is 0 Å². The topological polar surface area (TPSA) is 63.3 Å². The van der Waals surface area contributed by atoms with Gasteiger partial charge in [0, 0.05) is 4.47 Å². The summed E-state index contributed by atoms with van der Waals surface area (Å²) in [5, 5.41) is 9.20. The molecule has 0 aromatic heterocycles. The van der Waals surface area contributed by atoms with Crippen molar-refractivity contribution in [3.8, 4) is 5.75 Å². The molecule has 0 bridgehead atoms. The first-order chi connectivity index (χ1) is 6.07. The highest BCUT2D eigenvalue weighted by atomic mass is 79.9. The van der Waals surface area contributed by atoms with Gasteiger partial charge in [0.05, 0.1) is 12.1 Å². The molecular weight excluding hydrogens is 241 g/mol. The fourth-order valence-corrected chi connectivity index (χ4v) is 1.45. The molecule has 1 rings (SSSR count). The summed E-state index contributed by atoms with van der Waals surface area (Å²) < 4.78 is 13.1. The average molecular weight is 248 g/mol. The minimum absolute atomic E-state index is 0.109. The molecule has 1 aromatic carbocycles. The molecule has 0 amide bonds. The number of hydrogen-bond donors (Lipinski definition) is 2. The van der Waals surface area contributed by atoms with Gasteiger partial charge in [0.1, 0.15) is 0 Å². The molecule has 5 heteroatoms. The average Bonchev–Trinajstić information content (AvgIpc) is 2.12. The van der Waals surface area contributed by atoms with Crippen LogP contribution in [-0.2, 0) is 0 Å². The van der Waals surface area contributed by atoms with Crippen LogP contribution in [-0.4, -0.2) is 17.4 Å². The first-order valence-corrected chi connectivity index (χ1v) is 4.27. The number of carbonyl (C=O) groups is 1. The fourth-order valence-electron chi connectivity index (χ4n) is 0.908. The Morgan fingerprint density at radius 2 is 2.23 bits per heavy atom. The number of Topliss-reactive ketones (excluding diaryl/α,β-unsaturated/α-hetero) is 1. The van der Waals surface area contributed by atoms with E-state index in [0.717, 1.165) is 6.07 Å². The fraction of sp³-hybridized carbons (Fsp3) is 0.125. The third-order valence-corrected chi connectivity index (χ3v) is 2.20. The first kappa shape index (κ1) is 10.1. The standard InChI is InChI=1S/C8H7BrFNO2/c9-4-1-2-5(10)8(13)7(4)6(12)3-11/h1-2,13H,3,11H2. The summed E-state index contributed by atoms with van der Waals surface area (Å²) >= 11 is 3.02. The van der Waals surface area contributed by atoms with Crippen LogP contribution in [0, 0.1) is 5.82 Å². The van der Waals surface area contributed by atoms with Crippen LogP contribution < -0.4 is 5.73 Å². The molecule has 0 saturated carbocycles. The lowest BCUT2D eigenvalue weighted by Crippen LogP contribution is -2.14. The number of benzene rings is 1. The zero-order chi connectivity index (χ0) is 10.0. The van der Waals surface area contributed by atoms with E-state index in [2.05, 4.69) is 15.9 Å². The zero-order valence-electron chi connectivity index (χ0n) is 6.55. The second-order valence-corrected chi connectivity index (χ2v) is 3.23. The molecule has 0 spiro atoms. The number of ketones is 1. The molecule has 3 nitrogen and oxygen atoms in total. The lowest BCUT2D eigenvalue weighted by Gasteiger charge is -2.04. The maximum absolute atomic E-state index is 12.8. The van der Waals surface area contributed by atoms with E-state index in [1.165, 1.54) is 6.07 Å². The Bertz CT molecular complexity index is 354. The number of halogens is 2. The van der Waals surface area contributed by atoms with E-state index in [0.29, 0.717) is 4.47 Å². The zero-order valence-corrected chi connectivity index (χ0v) is 8.14. The molecule has 0 aliphatic carbocycles. The van der Waals surface area contributed by atoms with Crippen LogP contribution in [0.4, 0.5) is 4.39 Å². The van der Waals surface area contributed by atoms with E-state index in [1.807, 2.05) is 0 Å². The van der Waals surface area contributed by atoms with Gasteiger partial charge >= 0.3 is 0 Å². The number of carbonyl (C=O) groups excluding carboxylic acids is 1. The van der Waals surface area contributed by atoms with Gasteiger partial charge in [-0.3, -0.25) is 4.79 Å². The third-order valence-electron chi connectivity index (χ3n) is 1.54. The smallest absolute Gasteiger partial charge is 0.181 e. The van der Waals surface area contributed by atoms with E-state index in [9.17, 15) is 14.3 Å². The number of phenolic OH excluding ortho intramolecular Hbond substituents is 1. The Morgan fingerprint density at radius 1 is 1.62 bits per heavy atom. The van der Waals surface area contributed by atoms with Gasteiger partial charge in [0.15, 0.2) is 17.3 Å². The summed E-state index contributed by atoms with van der Waals surface area (Å²) in [7, 11) is 0. The summed E-state index contributed by atoms with van der Waals surface area (Å²) in [6.45, 7) is -0.268. The minimum atomic E-state index is -0.833. The lowest BCUT2D eigenvalue weighted by atomic mass is 10.1. The molecule has 13 heavy (non-hydrogen) atoms. The Labute approximate surface area is 82.5 Å². The van der Waals surface area contributed by atoms with Gasteiger partial charge in [-0.05, 0) is 28.1 Å². The molecule has 3 N–H and O–H groups in total. The second kappa shape index (κ2) is 3.85. The van der Waals surface area contributed by atoms with Crippen LogP contribution in [0.5, 0.6) is 5.75 Å². The summed E-state index contributed by atoms with van der Waals surface area (Å²) in [6.07, 6.45) is 0. The van der Waals surface area contributed by atoms with Crippen LogP contribution in [0.1, 0.15) is 10.4 Å². The lowest BCUT2D eigenvalue weighted by molar-refractivity contribution is 0.0997. The maximum Gasteiger partial charge on any atom is 0.181 e. The Kier molecular flexibility index (Phi) is 3.00. The third kappa shape index (κ3) is 1.87. The van der Waals surface area contributed by atoms with Gasteiger partial charge in [-0.25, -0.2) is 4.39 Å². The number of phenols is 1. The van der Waals surface area contributed by atoms with E-state index in [4.69, 9.17) is 5.73 Å². The van der Waals surface area contributed by atoms with Crippen molar-refractivity contribution >= 4 is 21.7 Å². The summed E-state index contributed by atoms with van der Waals surface area (Å²) in [4.78, 5) is 11.1. The van der Waals surface area contributed by atoms with Gasteiger partial charge in [-0.2, -0.15) is 0 Å². The van der Waals surface area contributed by atoms with Crippen molar-refractivity contribution in [1.82, 2.24) is 0 Å². The van der Waals surface area contributed by atoms with E-state index in [1.54, 1.807) is 0 Å². The molecule has 1 aromatic rings. The van der Waals surface area contributed by atoms with E-state index < -0.39 is 17.3 Å². The maximum atomic E-state index is 12.8. The number of rotatable bonds is 2. The molecule has 0 aliphatic heterocycles. The van der Waals surface area contributed by atoms with E-state index in [-0.39, 0.29) is 12.1 Å². The normalized spacial score (nSPS) is 10.1. The van der Waals surface area contributed by atoms with Gasteiger partial charge in [-0.1, -0.05) is 0 Å². The largest absolute Gasteiger partial charge is 0.504 e. The van der Waals surface area contributed by atoms with Crippen molar-refractivity contribution in [1.29, 1.82) is 0 Å². The molecule has 0 aliphatic rings. The molecule has 0 saturated heterocycles. The highest BCUT2D eigenvalue weighted by molar-refractivity contribution is 9.10. The van der Waals surface area contributed by atoms with Gasteiger partial charge in [-0.15, -0.1) is 0 Å². The molecule has 0 heterocycles.